The number of nitrogens with zero attached hydrogens (tertiary/aromatic N) is 5. The van der Waals surface area contributed by atoms with Crippen LogP contribution in [-0.2, 0) is 80.6 Å². The molecule has 0 aliphatic carbocycles. The molecule has 8 aromatic carbocycles. The van der Waals surface area contributed by atoms with E-state index in [0.717, 1.165) is 75.0 Å². The molecule has 3 aliphatic heterocycles. The van der Waals surface area contributed by atoms with Crippen LogP contribution in [0.15, 0.2) is 206 Å². The summed E-state index contributed by atoms with van der Waals surface area (Å²) < 4.78 is 73.7. The Kier molecular flexibility index (Phi) is 35.2. The number of rotatable bonds is 36. The summed E-state index contributed by atoms with van der Waals surface area (Å²) in [4.78, 5) is 72.0. The number of nitrogens with one attached hydrogen (secondary N) is 1. The predicted molar refractivity (Wildman–Crippen MR) is 439 cm³/mol. The summed E-state index contributed by atoms with van der Waals surface area (Å²) in [5.41, 5.74) is 6.07. The van der Waals surface area contributed by atoms with Gasteiger partial charge in [-0.15, -0.1) is 0 Å². The maximum Gasteiger partial charge on any atom is 0.410 e. The second-order valence-electron chi connectivity index (χ2n) is 29.5. The fraction of sp³-hybridized carbons (Fsp3) is 0.411. The Bertz CT molecular complexity index is 4240. The molecule has 616 valence electrons. The third-order valence-electron chi connectivity index (χ3n) is 18.2. The van der Waals surface area contributed by atoms with Crippen LogP contribution in [0.3, 0.4) is 0 Å². The van der Waals surface area contributed by atoms with E-state index >= 15 is 0 Å². The molecule has 0 aromatic heterocycles. The topological polar surface area (TPSA) is 254 Å². The van der Waals surface area contributed by atoms with Crippen LogP contribution < -0.4 is 48.4 Å². The van der Waals surface area contributed by atoms with Crippen LogP contribution >= 0.6 is 0 Å². The fourth-order valence-corrected chi connectivity index (χ4v) is 12.8. The van der Waals surface area contributed by atoms with Gasteiger partial charge in [-0.1, -0.05) is 115 Å². The highest BCUT2D eigenvalue weighted by molar-refractivity contribution is 5.99. The molecule has 2 N–H and O–H groups in total. The average molecular weight is 1580 g/mol. The fourth-order valence-electron chi connectivity index (χ4n) is 12.8. The number of aliphatic hydroxyl groups excluding tert-OH is 1. The number of para-hydroxylation sites is 3. The summed E-state index contributed by atoms with van der Waals surface area (Å²) in [6.07, 6.45) is 1.14. The molecule has 3 atom stereocenters. The van der Waals surface area contributed by atoms with E-state index in [2.05, 4.69) is 5.32 Å². The van der Waals surface area contributed by atoms with Crippen molar-refractivity contribution in [3.05, 3.63) is 234 Å². The van der Waals surface area contributed by atoms with Gasteiger partial charge in [-0.3, -0.25) is 24.2 Å². The van der Waals surface area contributed by atoms with Gasteiger partial charge in [0, 0.05) is 72.6 Å². The average Bonchev–Trinajstić information content (AvgIpc) is 0.801. The van der Waals surface area contributed by atoms with Gasteiger partial charge >= 0.3 is 12.2 Å². The molecule has 11 rings (SSSR count). The number of hydrogen-bond acceptors (Lipinski definition) is 20. The lowest BCUT2D eigenvalue weighted by atomic mass is 10.1. The third kappa shape index (κ3) is 28.9. The van der Waals surface area contributed by atoms with E-state index in [-0.39, 0.29) is 62.7 Å². The molecule has 25 heteroatoms. The van der Waals surface area contributed by atoms with E-state index in [4.69, 9.17) is 61.6 Å². The lowest BCUT2D eigenvalue weighted by Crippen LogP contribution is -2.60. The second-order valence-corrected chi connectivity index (χ2v) is 29.5. The number of amides is 5. The molecule has 8 aromatic rings. The third-order valence-corrected chi connectivity index (χ3v) is 18.2. The number of piperazine rings is 3. The summed E-state index contributed by atoms with van der Waals surface area (Å²) in [5, 5.41) is 13.1. The van der Waals surface area contributed by atoms with Crippen molar-refractivity contribution in [3.63, 3.8) is 0 Å². The summed E-state index contributed by atoms with van der Waals surface area (Å²) in [6, 6.07) is 64.5. The Morgan fingerprint density at radius 2 is 0.722 bits per heavy atom. The summed E-state index contributed by atoms with van der Waals surface area (Å²) in [7, 11) is 4.95. The van der Waals surface area contributed by atoms with Gasteiger partial charge < -0.3 is 86.7 Å². The first-order chi connectivity index (χ1) is 55.7. The van der Waals surface area contributed by atoms with Crippen molar-refractivity contribution in [3.8, 4) is 34.5 Å². The maximum atomic E-state index is 13.4. The molecule has 115 heavy (non-hydrogen) atoms. The van der Waals surface area contributed by atoms with Crippen molar-refractivity contribution in [2.45, 2.75) is 123 Å². The molecule has 3 aliphatic rings. The monoisotopic (exact) mass is 1580 g/mol. The van der Waals surface area contributed by atoms with E-state index in [1.807, 2.05) is 208 Å². The Morgan fingerprint density at radius 1 is 0.391 bits per heavy atom. The SMILES string of the molecule is COc1ccccc1COCCCOc1ccc(N2C(=O)CN(C(=O)OC(C)(C)C)C[C@@H]2CO)cc1.COc1ccccc1COCCCOc1ccc(N2C(=O)CN(C(=O)OC(C)(C)C)C[C@@H]2COCc2ccccc2)cc1.COc1ccccc1COCCCOc1ccc(N2C(=O)CNC[C@@H]2COCc2ccccc2)cc1. The zero-order valence-electron chi connectivity index (χ0n) is 67.7. The number of methoxy groups -OCH3 is 3. The van der Waals surface area contributed by atoms with Crippen LogP contribution in [0.25, 0.3) is 0 Å². The van der Waals surface area contributed by atoms with Crippen molar-refractivity contribution >= 4 is 47.0 Å². The van der Waals surface area contributed by atoms with E-state index in [9.17, 15) is 29.1 Å². The molecule has 0 radical (unpaired) electrons. The minimum absolute atomic E-state index is 0.0374. The highest BCUT2D eigenvalue weighted by Gasteiger charge is 2.39. The molecular formula is C90H112N6O19. The molecular weight excluding hydrogens is 1470 g/mol. The number of benzene rings is 8. The molecule has 0 saturated carbocycles. The summed E-state index contributed by atoms with van der Waals surface area (Å²) in [6.45, 7) is 18.1. The van der Waals surface area contributed by atoms with Gasteiger partial charge in [-0.25, -0.2) is 9.59 Å². The van der Waals surface area contributed by atoms with Crippen LogP contribution in [0.2, 0.25) is 0 Å². The molecule has 5 amide bonds. The number of anilines is 3. The Labute approximate surface area is 676 Å². The van der Waals surface area contributed by atoms with Gasteiger partial charge in [-0.05, 0) is 144 Å². The smallest absolute Gasteiger partial charge is 0.410 e. The normalized spacial score (nSPS) is 15.7. The molecule has 3 heterocycles. The second kappa shape index (κ2) is 45.9. The van der Waals surface area contributed by atoms with Crippen molar-refractivity contribution in [1.82, 2.24) is 15.1 Å². The van der Waals surface area contributed by atoms with Gasteiger partial charge in [-0.2, -0.15) is 0 Å². The van der Waals surface area contributed by atoms with Gasteiger partial charge in [0.25, 0.3) is 0 Å². The highest BCUT2D eigenvalue weighted by atomic mass is 16.6. The van der Waals surface area contributed by atoms with Crippen LogP contribution in [0.4, 0.5) is 26.7 Å². The number of carbonyl (C=O) groups is 5. The van der Waals surface area contributed by atoms with Gasteiger partial charge in [0.2, 0.25) is 17.7 Å². The van der Waals surface area contributed by atoms with Gasteiger partial charge in [0.15, 0.2) is 0 Å². The molecule has 0 spiro atoms. The molecule has 3 saturated heterocycles. The lowest BCUT2D eigenvalue weighted by molar-refractivity contribution is -0.123. The van der Waals surface area contributed by atoms with Crippen LogP contribution in [0.5, 0.6) is 34.5 Å². The molecule has 0 unspecified atom stereocenters. The van der Waals surface area contributed by atoms with Crippen molar-refractivity contribution in [2.75, 3.05) is 135 Å². The van der Waals surface area contributed by atoms with Crippen molar-refractivity contribution in [2.24, 2.45) is 0 Å². The minimum atomic E-state index is -0.663. The molecule has 3 fully saturated rings. The zero-order valence-corrected chi connectivity index (χ0v) is 67.7. The van der Waals surface area contributed by atoms with Gasteiger partial charge in [0.05, 0.1) is 138 Å². The zero-order chi connectivity index (χ0) is 81.8. The summed E-state index contributed by atoms with van der Waals surface area (Å²) in [5.74, 6) is 4.14. The van der Waals surface area contributed by atoms with Gasteiger partial charge in [0.1, 0.15) is 58.8 Å². The van der Waals surface area contributed by atoms with E-state index < -0.39 is 29.4 Å². The van der Waals surface area contributed by atoms with Crippen LogP contribution in [0.1, 0.15) is 88.6 Å². The molecule has 0 bridgehead atoms. The standard InChI is InChI=1S/C34H42N2O7.C29H34N2O5.C27H36N2O7/c1-34(2,3)43-33(38)35-21-29(25-41-23-26-11-6-5-7-12-26)36(32(37)22-35)28-15-17-30(18-16-28)42-20-10-19-40-24-27-13-8-9-14-31(27)39-4;1-33-28-11-6-5-10-24(28)21-34-16-7-17-36-27-14-12-25(13-15-27)31-26(18-30-19-29(31)32)22-35-20-23-8-3-2-4-9-23;1-27(2,3)36-26(32)28-16-22(18-30)29(25(31)17-28)21-10-12-23(13-11-21)35-15-7-14-34-19-20-8-5-6-9-24(20)33-4/h5-9,11-18,29H,10,19-25H2,1-4H3;2-6,8-15,26,30H,7,16-22H2,1H3;5-6,8-13,22,30H,7,14-19H2,1-4H3/t29-;26-;22-/m111/s1. The highest BCUT2D eigenvalue weighted by Crippen LogP contribution is 2.30. The quantitative estimate of drug-likeness (QED) is 0.0346. The number of aliphatic hydroxyl groups is 1. The lowest BCUT2D eigenvalue weighted by Gasteiger charge is -2.41. The Balaban J connectivity index is 0.000000198. The summed E-state index contributed by atoms with van der Waals surface area (Å²) >= 11 is 0. The number of carbonyl (C=O) groups excluding carboxylic acids is 5. The largest absolute Gasteiger partial charge is 0.496 e. The Morgan fingerprint density at radius 3 is 1.08 bits per heavy atom. The minimum Gasteiger partial charge on any atom is -0.496 e. The number of hydrogen-bond donors (Lipinski definition) is 2. The Hall–Kier alpha value is -10.8. The first-order valence-corrected chi connectivity index (χ1v) is 38.9. The first kappa shape index (κ1) is 88.2. The van der Waals surface area contributed by atoms with E-state index in [1.54, 1.807) is 71.3 Å². The maximum absolute atomic E-state index is 13.4. The van der Waals surface area contributed by atoms with Crippen LogP contribution in [-0.4, -0.2) is 194 Å². The van der Waals surface area contributed by atoms with E-state index in [1.165, 1.54) is 14.7 Å². The predicted octanol–water partition coefficient (Wildman–Crippen LogP) is 13.7. The first-order valence-electron chi connectivity index (χ1n) is 38.9. The molecule has 25 nitrogen and oxygen atoms in total. The van der Waals surface area contributed by atoms with Crippen molar-refractivity contribution < 1.29 is 90.7 Å². The van der Waals surface area contributed by atoms with Crippen LogP contribution in [0, 0.1) is 0 Å². The van der Waals surface area contributed by atoms with Crippen molar-refractivity contribution in [1.29, 1.82) is 0 Å². The van der Waals surface area contributed by atoms with E-state index in [0.29, 0.717) is 123 Å². The number of ether oxygens (including phenoxy) is 13.